The van der Waals surface area contributed by atoms with Gasteiger partial charge in [0, 0.05) is 6.54 Å². The van der Waals surface area contributed by atoms with Crippen LogP contribution in [-0.4, -0.2) is 30.8 Å². The SMILES string of the molecule is C[C@@H](C=O)NC(=O)[C@H]1C[C@H](c2cccc(-c3ccccc3)c2)CN1. The van der Waals surface area contributed by atoms with Crippen LogP contribution in [0.25, 0.3) is 11.1 Å². The Kier molecular flexibility index (Phi) is 5.06. The average molecular weight is 322 g/mol. The smallest absolute Gasteiger partial charge is 0.237 e. The van der Waals surface area contributed by atoms with Crippen LogP contribution in [0.5, 0.6) is 0 Å². The van der Waals surface area contributed by atoms with Gasteiger partial charge in [0.2, 0.25) is 5.91 Å². The highest BCUT2D eigenvalue weighted by molar-refractivity contribution is 5.84. The van der Waals surface area contributed by atoms with E-state index >= 15 is 0 Å². The van der Waals surface area contributed by atoms with Crippen molar-refractivity contribution in [3.8, 4) is 11.1 Å². The Labute approximate surface area is 142 Å². The summed E-state index contributed by atoms with van der Waals surface area (Å²) in [6.45, 7) is 2.45. The molecule has 4 nitrogen and oxygen atoms in total. The first-order chi connectivity index (χ1) is 11.7. The lowest BCUT2D eigenvalue weighted by atomic mass is 9.93. The van der Waals surface area contributed by atoms with Crippen LogP contribution in [0.3, 0.4) is 0 Å². The first-order valence-corrected chi connectivity index (χ1v) is 8.32. The molecule has 0 radical (unpaired) electrons. The fraction of sp³-hybridized carbons (Fsp3) is 0.300. The van der Waals surface area contributed by atoms with Crippen LogP contribution in [0, 0.1) is 0 Å². The van der Waals surface area contributed by atoms with E-state index in [1.54, 1.807) is 6.92 Å². The molecule has 1 aliphatic heterocycles. The summed E-state index contributed by atoms with van der Waals surface area (Å²) >= 11 is 0. The van der Waals surface area contributed by atoms with Crippen LogP contribution in [0.2, 0.25) is 0 Å². The van der Waals surface area contributed by atoms with Crippen molar-refractivity contribution in [2.24, 2.45) is 0 Å². The Morgan fingerprint density at radius 3 is 2.67 bits per heavy atom. The number of rotatable bonds is 5. The Morgan fingerprint density at radius 1 is 1.17 bits per heavy atom. The van der Waals surface area contributed by atoms with E-state index in [4.69, 9.17) is 0 Å². The zero-order valence-corrected chi connectivity index (χ0v) is 13.7. The summed E-state index contributed by atoms with van der Waals surface area (Å²) in [4.78, 5) is 22.8. The van der Waals surface area contributed by atoms with Crippen LogP contribution in [-0.2, 0) is 9.59 Å². The summed E-state index contributed by atoms with van der Waals surface area (Å²) in [5.74, 6) is 0.201. The predicted molar refractivity (Wildman–Crippen MR) is 94.7 cm³/mol. The number of carbonyl (C=O) groups excluding carboxylic acids is 2. The molecular weight excluding hydrogens is 300 g/mol. The number of amides is 1. The molecule has 0 aliphatic carbocycles. The van der Waals surface area contributed by atoms with Gasteiger partial charge in [0.25, 0.3) is 0 Å². The summed E-state index contributed by atoms with van der Waals surface area (Å²) in [5, 5.41) is 5.98. The Hall–Kier alpha value is -2.46. The number of carbonyl (C=O) groups is 2. The van der Waals surface area contributed by atoms with Gasteiger partial charge in [0.1, 0.15) is 6.29 Å². The van der Waals surface area contributed by atoms with Gasteiger partial charge in [-0.05, 0) is 36.0 Å². The molecule has 124 valence electrons. The fourth-order valence-corrected chi connectivity index (χ4v) is 3.15. The van der Waals surface area contributed by atoms with Crippen LogP contribution < -0.4 is 10.6 Å². The minimum atomic E-state index is -0.445. The second kappa shape index (κ2) is 7.41. The van der Waals surface area contributed by atoms with Gasteiger partial charge in [-0.25, -0.2) is 0 Å². The molecule has 2 aromatic carbocycles. The molecule has 3 rings (SSSR count). The summed E-state index contributed by atoms with van der Waals surface area (Å²) in [6.07, 6.45) is 1.49. The largest absolute Gasteiger partial charge is 0.346 e. The molecule has 1 heterocycles. The van der Waals surface area contributed by atoms with Gasteiger partial charge in [0.05, 0.1) is 12.1 Å². The molecule has 3 atom stereocenters. The number of aldehydes is 1. The molecule has 0 bridgehead atoms. The third kappa shape index (κ3) is 3.71. The fourth-order valence-electron chi connectivity index (χ4n) is 3.15. The number of nitrogens with one attached hydrogen (secondary N) is 2. The van der Waals surface area contributed by atoms with Crippen molar-refractivity contribution in [2.75, 3.05) is 6.54 Å². The molecule has 0 aromatic heterocycles. The first-order valence-electron chi connectivity index (χ1n) is 8.32. The van der Waals surface area contributed by atoms with E-state index in [1.165, 1.54) is 16.7 Å². The summed E-state index contributed by atoms with van der Waals surface area (Å²) in [7, 11) is 0. The Balaban J connectivity index is 1.70. The average Bonchev–Trinajstić information content (AvgIpc) is 3.13. The number of benzene rings is 2. The van der Waals surface area contributed by atoms with Crippen molar-refractivity contribution < 1.29 is 9.59 Å². The molecule has 0 unspecified atom stereocenters. The lowest BCUT2D eigenvalue weighted by Gasteiger charge is -2.14. The van der Waals surface area contributed by atoms with Crippen LogP contribution in [0.1, 0.15) is 24.8 Å². The summed E-state index contributed by atoms with van der Waals surface area (Å²) in [6, 6.07) is 18.1. The molecule has 1 saturated heterocycles. The van der Waals surface area contributed by atoms with Crippen molar-refractivity contribution in [3.63, 3.8) is 0 Å². The molecule has 1 amide bonds. The zero-order valence-electron chi connectivity index (χ0n) is 13.7. The second-order valence-electron chi connectivity index (χ2n) is 6.32. The van der Waals surface area contributed by atoms with Crippen molar-refractivity contribution in [3.05, 3.63) is 60.2 Å². The zero-order chi connectivity index (χ0) is 16.9. The highest BCUT2D eigenvalue weighted by Crippen LogP contribution is 2.29. The Bertz CT molecular complexity index is 715. The third-order valence-electron chi connectivity index (χ3n) is 4.49. The van der Waals surface area contributed by atoms with E-state index in [0.29, 0.717) is 5.92 Å². The standard InChI is InChI=1S/C20H22N2O2/c1-14(13-23)22-20(24)19-11-18(12-21-19)17-9-5-8-16(10-17)15-6-3-2-4-7-15/h2-10,13-14,18-19,21H,11-12H2,1H3,(H,22,24)/t14-,18-,19+/m0/s1. The normalized spacial score (nSPS) is 21.2. The van der Waals surface area contributed by atoms with Gasteiger partial charge < -0.3 is 15.4 Å². The molecule has 1 fully saturated rings. The quantitative estimate of drug-likeness (QED) is 0.832. The lowest BCUT2D eigenvalue weighted by molar-refractivity contribution is -0.125. The van der Waals surface area contributed by atoms with Crippen LogP contribution in [0.15, 0.2) is 54.6 Å². The van der Waals surface area contributed by atoms with Gasteiger partial charge in [-0.15, -0.1) is 0 Å². The summed E-state index contributed by atoms with van der Waals surface area (Å²) < 4.78 is 0. The maximum Gasteiger partial charge on any atom is 0.237 e. The predicted octanol–water partition coefficient (Wildman–Crippen LogP) is 2.50. The van der Waals surface area contributed by atoms with E-state index in [2.05, 4.69) is 47.0 Å². The van der Waals surface area contributed by atoms with Crippen molar-refractivity contribution in [1.29, 1.82) is 0 Å². The molecule has 24 heavy (non-hydrogen) atoms. The van der Waals surface area contributed by atoms with E-state index in [-0.39, 0.29) is 11.9 Å². The van der Waals surface area contributed by atoms with Crippen molar-refractivity contribution >= 4 is 12.2 Å². The van der Waals surface area contributed by atoms with Crippen molar-refractivity contribution in [2.45, 2.75) is 31.3 Å². The maximum absolute atomic E-state index is 12.1. The molecular formula is C20H22N2O2. The molecule has 1 aliphatic rings. The highest BCUT2D eigenvalue weighted by atomic mass is 16.2. The lowest BCUT2D eigenvalue weighted by Crippen LogP contribution is -2.44. The van der Waals surface area contributed by atoms with E-state index in [1.807, 2.05) is 18.2 Å². The van der Waals surface area contributed by atoms with Crippen molar-refractivity contribution in [1.82, 2.24) is 10.6 Å². The van der Waals surface area contributed by atoms with Gasteiger partial charge in [-0.2, -0.15) is 0 Å². The topological polar surface area (TPSA) is 58.2 Å². The number of hydrogen-bond acceptors (Lipinski definition) is 3. The summed E-state index contributed by atoms with van der Waals surface area (Å²) in [5.41, 5.74) is 3.62. The second-order valence-corrected chi connectivity index (χ2v) is 6.32. The Morgan fingerprint density at radius 2 is 1.92 bits per heavy atom. The van der Waals surface area contributed by atoms with Gasteiger partial charge in [-0.1, -0.05) is 54.6 Å². The number of hydrogen-bond donors (Lipinski definition) is 2. The van der Waals surface area contributed by atoms with E-state index < -0.39 is 6.04 Å². The molecule has 4 heteroatoms. The van der Waals surface area contributed by atoms with Crippen LogP contribution >= 0.6 is 0 Å². The van der Waals surface area contributed by atoms with Gasteiger partial charge in [-0.3, -0.25) is 4.79 Å². The minimum absolute atomic E-state index is 0.101. The third-order valence-corrected chi connectivity index (χ3v) is 4.49. The van der Waals surface area contributed by atoms with E-state index in [0.717, 1.165) is 19.3 Å². The van der Waals surface area contributed by atoms with Gasteiger partial charge >= 0.3 is 0 Å². The molecule has 0 saturated carbocycles. The highest BCUT2D eigenvalue weighted by Gasteiger charge is 2.30. The monoisotopic (exact) mass is 322 g/mol. The molecule has 0 spiro atoms. The van der Waals surface area contributed by atoms with Gasteiger partial charge in [0.15, 0.2) is 0 Å². The molecule has 2 aromatic rings. The molecule has 2 N–H and O–H groups in total. The maximum atomic E-state index is 12.1. The minimum Gasteiger partial charge on any atom is -0.346 e. The first kappa shape index (κ1) is 16.4. The van der Waals surface area contributed by atoms with E-state index in [9.17, 15) is 9.59 Å². The van der Waals surface area contributed by atoms with Crippen LogP contribution in [0.4, 0.5) is 0 Å².